The van der Waals surface area contributed by atoms with Gasteiger partial charge in [-0.15, -0.1) is 0 Å². The maximum Gasteiger partial charge on any atom is 0.338 e. The predicted molar refractivity (Wildman–Crippen MR) is 135 cm³/mol. The molecule has 0 spiro atoms. The molecule has 170 valence electrons. The van der Waals surface area contributed by atoms with Crippen molar-refractivity contribution in [3.63, 3.8) is 0 Å². The lowest BCUT2D eigenvalue weighted by Crippen LogP contribution is -2.21. The summed E-state index contributed by atoms with van der Waals surface area (Å²) in [4.78, 5) is 13.0. The fraction of sp³-hybridized carbons (Fsp3) is 0.172. The first-order valence-corrected chi connectivity index (χ1v) is 11.4. The molecular formula is C29H26NO4+. The third-order valence-corrected chi connectivity index (χ3v) is 6.06. The third-order valence-electron chi connectivity index (χ3n) is 6.06. The van der Waals surface area contributed by atoms with E-state index in [1.807, 2.05) is 86.3 Å². The van der Waals surface area contributed by atoms with Gasteiger partial charge >= 0.3 is 5.97 Å². The Bertz CT molecular complexity index is 1590. The molecule has 3 aromatic rings. The highest BCUT2D eigenvalue weighted by Crippen LogP contribution is 2.44. The van der Waals surface area contributed by atoms with E-state index in [2.05, 4.69) is 0 Å². The molecule has 0 saturated heterocycles. The maximum absolute atomic E-state index is 13.0. The molecule has 3 aromatic carbocycles. The normalized spacial score (nSPS) is 11.3. The average molecular weight is 453 g/mol. The van der Waals surface area contributed by atoms with Crippen LogP contribution in [0.2, 0.25) is 0 Å². The summed E-state index contributed by atoms with van der Waals surface area (Å²) >= 11 is 0. The van der Waals surface area contributed by atoms with Crippen LogP contribution in [0.1, 0.15) is 23.7 Å². The highest BCUT2D eigenvalue weighted by molar-refractivity contribution is 6.15. The molecule has 0 unspecified atom stereocenters. The van der Waals surface area contributed by atoms with Crippen molar-refractivity contribution >= 4 is 27.7 Å². The molecule has 0 atom stereocenters. The Morgan fingerprint density at radius 2 is 1.79 bits per heavy atom. The Kier molecular flexibility index (Phi) is 5.54. The molecule has 5 rings (SSSR count). The largest absolute Gasteiger partial charge is 0.507 e. The fourth-order valence-corrected chi connectivity index (χ4v) is 4.41. The topological polar surface area (TPSA) is 62.7 Å². The first-order chi connectivity index (χ1) is 16.5. The Labute approximate surface area is 197 Å². The van der Waals surface area contributed by atoms with Gasteiger partial charge in [0.15, 0.2) is 0 Å². The predicted octanol–water partition coefficient (Wildman–Crippen LogP) is 5.66. The van der Waals surface area contributed by atoms with Crippen LogP contribution in [0.4, 0.5) is 0 Å². The second-order valence-corrected chi connectivity index (χ2v) is 8.55. The van der Waals surface area contributed by atoms with Gasteiger partial charge in [-0.1, -0.05) is 43.3 Å². The molecule has 1 aliphatic heterocycles. The van der Waals surface area contributed by atoms with Crippen LogP contribution >= 0.6 is 0 Å². The summed E-state index contributed by atoms with van der Waals surface area (Å²) in [5, 5.41) is 14.1. The minimum atomic E-state index is -0.354. The fourth-order valence-electron chi connectivity index (χ4n) is 4.41. The van der Waals surface area contributed by atoms with Gasteiger partial charge in [0.25, 0.3) is 0 Å². The summed E-state index contributed by atoms with van der Waals surface area (Å²) in [5.41, 5.74) is 3.59. The third kappa shape index (κ3) is 3.59. The Balaban J connectivity index is 1.95. The van der Waals surface area contributed by atoms with Crippen LogP contribution in [0.15, 0.2) is 77.2 Å². The lowest BCUT2D eigenvalue weighted by Gasteiger charge is -2.18. The van der Waals surface area contributed by atoms with Crippen LogP contribution in [0, 0.1) is 0 Å². The molecule has 0 amide bonds. The molecule has 0 radical (unpaired) electrons. The number of phenolic OH excluding ortho intramolecular Hbond substituents is 1. The van der Waals surface area contributed by atoms with E-state index >= 15 is 0 Å². The Hall–Kier alpha value is -4.12. The van der Waals surface area contributed by atoms with Crippen molar-refractivity contribution in [3.05, 3.63) is 83.7 Å². The first kappa shape index (κ1) is 21.7. The molecule has 5 nitrogen and oxygen atoms in total. The van der Waals surface area contributed by atoms with Crippen molar-refractivity contribution in [1.82, 2.24) is 4.58 Å². The number of phenols is 1. The number of hydrogen-bond donors (Lipinski definition) is 1. The quantitative estimate of drug-likeness (QED) is 0.165. The van der Waals surface area contributed by atoms with Gasteiger partial charge in [-0.25, -0.2) is 9.37 Å². The lowest BCUT2D eigenvalue weighted by molar-refractivity contribution is 0.0506. The lowest BCUT2D eigenvalue weighted by atomic mass is 9.89. The average Bonchev–Trinajstić information content (AvgIpc) is 2.85. The molecule has 0 aromatic heterocycles. The van der Waals surface area contributed by atoms with Crippen molar-refractivity contribution in [2.24, 2.45) is 0 Å². The second-order valence-electron chi connectivity index (χ2n) is 8.55. The Morgan fingerprint density at radius 1 is 0.971 bits per heavy atom. The maximum atomic E-state index is 13.0. The first-order valence-electron chi connectivity index (χ1n) is 11.4. The molecule has 0 fully saturated rings. The number of aromatic hydroxyl groups is 1. The number of nitrogens with zero attached hydrogens (tertiary/aromatic N) is 1. The van der Waals surface area contributed by atoms with Crippen molar-refractivity contribution in [3.8, 4) is 28.2 Å². The smallest absolute Gasteiger partial charge is 0.338 e. The zero-order valence-electron chi connectivity index (χ0n) is 19.5. The van der Waals surface area contributed by atoms with Gasteiger partial charge in [0.1, 0.15) is 31.2 Å². The molecular weight excluding hydrogens is 426 g/mol. The van der Waals surface area contributed by atoms with Gasteiger partial charge in [0.05, 0.1) is 23.6 Å². The number of ether oxygens (including phenoxy) is 1. The summed E-state index contributed by atoms with van der Waals surface area (Å²) in [5.74, 6) is 0.464. The molecule has 0 bridgehead atoms. The van der Waals surface area contributed by atoms with Crippen molar-refractivity contribution in [2.45, 2.75) is 13.3 Å². The minimum absolute atomic E-state index is 0.150. The summed E-state index contributed by atoms with van der Waals surface area (Å²) < 4.78 is 14.0. The van der Waals surface area contributed by atoms with Crippen LogP contribution in [-0.2, 0) is 4.74 Å². The van der Waals surface area contributed by atoms with Crippen molar-refractivity contribution in [1.29, 1.82) is 0 Å². The van der Waals surface area contributed by atoms with Gasteiger partial charge in [-0.05, 0) is 41.6 Å². The number of benzene rings is 4. The van der Waals surface area contributed by atoms with E-state index in [0.29, 0.717) is 28.9 Å². The number of carbonyl (C=O) groups excluding carboxylic acids is 1. The van der Waals surface area contributed by atoms with Gasteiger partial charge in [0, 0.05) is 22.6 Å². The van der Waals surface area contributed by atoms with Crippen LogP contribution in [-0.4, -0.2) is 31.8 Å². The molecule has 1 N–H and O–H groups in total. The molecule has 1 aliphatic carbocycles. The van der Waals surface area contributed by atoms with Gasteiger partial charge in [0.2, 0.25) is 5.36 Å². The molecule has 1 heterocycles. The zero-order chi connectivity index (χ0) is 23.8. The summed E-state index contributed by atoms with van der Waals surface area (Å²) in [6, 6.07) is 22.9. The molecule has 5 heteroatoms. The van der Waals surface area contributed by atoms with E-state index in [1.165, 1.54) is 0 Å². The highest BCUT2D eigenvalue weighted by atomic mass is 16.5. The molecule has 34 heavy (non-hydrogen) atoms. The monoisotopic (exact) mass is 452 g/mol. The van der Waals surface area contributed by atoms with Crippen LogP contribution in [0.25, 0.3) is 44.2 Å². The number of hydrogen-bond acceptors (Lipinski definition) is 4. The minimum Gasteiger partial charge on any atom is -0.507 e. The van der Waals surface area contributed by atoms with Crippen molar-refractivity contribution < 1.29 is 19.1 Å². The van der Waals surface area contributed by atoms with E-state index in [4.69, 9.17) is 9.15 Å². The number of fused-ring (bicyclic) bond motifs is 4. The number of esters is 1. The zero-order valence-corrected chi connectivity index (χ0v) is 19.5. The van der Waals surface area contributed by atoms with Gasteiger partial charge in [-0.3, -0.25) is 0 Å². The van der Waals surface area contributed by atoms with Crippen molar-refractivity contribution in [2.75, 3.05) is 20.7 Å². The van der Waals surface area contributed by atoms with E-state index in [1.54, 1.807) is 12.1 Å². The van der Waals surface area contributed by atoms with Gasteiger partial charge in [-0.2, -0.15) is 0 Å². The van der Waals surface area contributed by atoms with Crippen LogP contribution < -0.4 is 9.93 Å². The SMILES string of the molecule is CCCOC(=O)c1ccccc1-c1c2ccc(=[N+](C)C)cc-2oc2c1ccc1cccc(O)c12. The standard InChI is InChI=1S/C29H25NO4/c1-4-16-33-29(32)21-10-6-5-9-20(21)27-22-15-13-19(30(2)3)17-25(22)34-28-23(27)14-12-18-8-7-11-24(31)26(18)28/h5-15,17H,4,16H2,1-3H3/p+1. The van der Waals surface area contributed by atoms with Crippen LogP contribution in [0.3, 0.4) is 0 Å². The van der Waals surface area contributed by atoms with E-state index in [0.717, 1.165) is 39.2 Å². The summed E-state index contributed by atoms with van der Waals surface area (Å²) in [7, 11) is 3.95. The molecule has 0 saturated carbocycles. The van der Waals surface area contributed by atoms with E-state index < -0.39 is 0 Å². The van der Waals surface area contributed by atoms with E-state index in [-0.39, 0.29) is 11.7 Å². The Morgan fingerprint density at radius 3 is 2.59 bits per heavy atom. The van der Waals surface area contributed by atoms with Gasteiger partial charge < -0.3 is 14.3 Å². The number of rotatable bonds is 4. The molecule has 2 aliphatic rings. The van der Waals surface area contributed by atoms with Crippen LogP contribution in [0.5, 0.6) is 5.75 Å². The highest BCUT2D eigenvalue weighted by Gasteiger charge is 2.24. The summed E-state index contributed by atoms with van der Waals surface area (Å²) in [6.45, 7) is 2.34. The second kappa shape index (κ2) is 8.67. The summed E-state index contributed by atoms with van der Waals surface area (Å²) in [6.07, 6.45) is 0.753. The number of carbonyl (C=O) groups is 1. The van der Waals surface area contributed by atoms with E-state index in [9.17, 15) is 9.90 Å².